The first-order valence-electron chi connectivity index (χ1n) is 9.20. The number of carbonyl (C=O) groups is 1. The van der Waals surface area contributed by atoms with Gasteiger partial charge in [-0.3, -0.25) is 9.48 Å². The van der Waals surface area contributed by atoms with E-state index in [1.807, 2.05) is 6.92 Å². The second-order valence-corrected chi connectivity index (χ2v) is 7.15. The van der Waals surface area contributed by atoms with E-state index in [2.05, 4.69) is 10.4 Å². The van der Waals surface area contributed by atoms with E-state index in [0.29, 0.717) is 24.5 Å². The normalized spacial score (nSPS) is 17.8. The van der Waals surface area contributed by atoms with Gasteiger partial charge in [-0.05, 0) is 51.0 Å². The van der Waals surface area contributed by atoms with Crippen molar-refractivity contribution in [3.05, 3.63) is 18.0 Å². The smallest absolute Gasteiger partial charge is 0.348 e. The molecule has 0 bridgehead atoms. The quantitative estimate of drug-likeness (QED) is 0.702. The second-order valence-electron chi connectivity index (χ2n) is 7.15. The van der Waals surface area contributed by atoms with Gasteiger partial charge in [-0.25, -0.2) is 0 Å². The Morgan fingerprint density at radius 3 is 2.68 bits per heavy atom. The number of halogens is 3. The van der Waals surface area contributed by atoms with Crippen LogP contribution in [0.15, 0.2) is 12.3 Å². The van der Waals surface area contributed by atoms with E-state index in [0.717, 1.165) is 6.54 Å². The number of aromatic nitrogens is 2. The van der Waals surface area contributed by atoms with Gasteiger partial charge in [0, 0.05) is 18.8 Å². The summed E-state index contributed by atoms with van der Waals surface area (Å²) in [4.78, 5) is 12.4. The van der Waals surface area contributed by atoms with Crippen LogP contribution in [-0.4, -0.2) is 27.9 Å². The van der Waals surface area contributed by atoms with E-state index in [9.17, 15) is 18.0 Å². The largest absolute Gasteiger partial charge is 0.391 e. The molecule has 0 spiro atoms. The van der Waals surface area contributed by atoms with Gasteiger partial charge in [0.05, 0.1) is 5.92 Å². The van der Waals surface area contributed by atoms with Gasteiger partial charge in [0.1, 0.15) is 5.69 Å². The van der Waals surface area contributed by atoms with E-state index in [1.165, 1.54) is 19.3 Å². The van der Waals surface area contributed by atoms with E-state index in [1.54, 1.807) is 23.9 Å². The van der Waals surface area contributed by atoms with Crippen LogP contribution in [0, 0.1) is 11.8 Å². The van der Waals surface area contributed by atoms with Gasteiger partial charge in [-0.1, -0.05) is 19.8 Å². The zero-order valence-electron chi connectivity index (χ0n) is 15.0. The summed E-state index contributed by atoms with van der Waals surface area (Å²) in [7, 11) is 0. The van der Waals surface area contributed by atoms with Gasteiger partial charge in [0.15, 0.2) is 0 Å². The van der Waals surface area contributed by atoms with Crippen molar-refractivity contribution in [2.75, 3.05) is 0 Å². The maximum absolute atomic E-state index is 12.7. The van der Waals surface area contributed by atoms with E-state index in [4.69, 9.17) is 0 Å². The number of nitrogens with one attached hydrogen (secondary N) is 1. The van der Waals surface area contributed by atoms with Crippen molar-refractivity contribution in [1.82, 2.24) is 15.1 Å². The number of alkyl halides is 3. The fraction of sp³-hybridized carbons (Fsp3) is 0.778. The van der Waals surface area contributed by atoms with E-state index in [-0.39, 0.29) is 24.8 Å². The monoisotopic (exact) mass is 359 g/mol. The van der Waals surface area contributed by atoms with Crippen molar-refractivity contribution in [3.8, 4) is 0 Å². The summed E-state index contributed by atoms with van der Waals surface area (Å²) in [6.07, 6.45) is 2.27. The molecule has 1 heterocycles. The Morgan fingerprint density at radius 1 is 1.40 bits per heavy atom. The second kappa shape index (κ2) is 8.72. The lowest BCUT2D eigenvalue weighted by Gasteiger charge is -2.25. The third kappa shape index (κ3) is 5.75. The summed E-state index contributed by atoms with van der Waals surface area (Å²) >= 11 is 0. The van der Waals surface area contributed by atoms with Crippen molar-refractivity contribution in [2.45, 2.75) is 77.6 Å². The summed E-state index contributed by atoms with van der Waals surface area (Å²) in [5.41, 5.74) is 0.528. The summed E-state index contributed by atoms with van der Waals surface area (Å²) in [5.74, 6) is -0.858. The highest BCUT2D eigenvalue weighted by Gasteiger charge is 2.37. The lowest BCUT2D eigenvalue weighted by Crippen LogP contribution is -2.35. The lowest BCUT2D eigenvalue weighted by molar-refractivity contribution is -0.177. The summed E-state index contributed by atoms with van der Waals surface area (Å²) in [6, 6.07) is 1.53. The number of amides is 1. The third-order valence-corrected chi connectivity index (χ3v) is 5.13. The maximum Gasteiger partial charge on any atom is 0.391 e. The van der Waals surface area contributed by atoms with Crippen molar-refractivity contribution < 1.29 is 18.0 Å². The molecule has 1 aromatic heterocycles. The zero-order valence-corrected chi connectivity index (χ0v) is 15.0. The van der Waals surface area contributed by atoms with Gasteiger partial charge >= 0.3 is 6.18 Å². The molecular weight excluding hydrogens is 331 g/mol. The SMILES string of the molecule is CCC(CCCC(C)NC(=O)c1ccnn1CC1CCC1)C(F)(F)F. The molecule has 2 unspecified atom stereocenters. The Balaban J connectivity index is 1.77. The predicted molar refractivity (Wildman–Crippen MR) is 90.2 cm³/mol. The fourth-order valence-electron chi connectivity index (χ4n) is 3.23. The molecule has 25 heavy (non-hydrogen) atoms. The molecule has 1 fully saturated rings. The standard InChI is InChI=1S/C18H28F3N3O/c1-3-15(18(19,20)21)9-4-6-13(2)23-17(25)16-10-11-22-24(16)12-14-7-5-8-14/h10-11,13-15H,3-9,12H2,1-2H3,(H,23,25). The summed E-state index contributed by atoms with van der Waals surface area (Å²) < 4.78 is 40.0. The van der Waals surface area contributed by atoms with Crippen LogP contribution in [0.4, 0.5) is 13.2 Å². The molecule has 1 aliphatic rings. The minimum absolute atomic E-state index is 0.102. The molecule has 4 nitrogen and oxygen atoms in total. The molecule has 1 amide bonds. The fourth-order valence-corrected chi connectivity index (χ4v) is 3.23. The molecule has 1 aromatic rings. The Labute approximate surface area is 147 Å². The average molecular weight is 359 g/mol. The predicted octanol–water partition coefficient (Wildman–Crippen LogP) is 4.56. The molecule has 2 atom stereocenters. The van der Waals surface area contributed by atoms with Gasteiger partial charge in [0.2, 0.25) is 0 Å². The first-order valence-corrected chi connectivity index (χ1v) is 9.20. The summed E-state index contributed by atoms with van der Waals surface area (Å²) in [5, 5.41) is 7.10. The highest BCUT2D eigenvalue weighted by atomic mass is 19.4. The number of nitrogens with zero attached hydrogens (tertiary/aromatic N) is 2. The molecule has 1 saturated carbocycles. The van der Waals surface area contributed by atoms with Crippen LogP contribution in [0.2, 0.25) is 0 Å². The van der Waals surface area contributed by atoms with Gasteiger partial charge in [-0.2, -0.15) is 18.3 Å². The number of hydrogen-bond donors (Lipinski definition) is 1. The minimum atomic E-state index is -4.13. The molecule has 1 N–H and O–H groups in total. The maximum atomic E-state index is 12.7. The third-order valence-electron chi connectivity index (χ3n) is 5.13. The van der Waals surface area contributed by atoms with Crippen molar-refractivity contribution in [2.24, 2.45) is 11.8 Å². The summed E-state index contributed by atoms with van der Waals surface area (Å²) in [6.45, 7) is 4.15. The minimum Gasteiger partial charge on any atom is -0.348 e. The molecule has 1 aliphatic carbocycles. The first-order chi connectivity index (χ1) is 11.8. The van der Waals surface area contributed by atoms with Gasteiger partial charge < -0.3 is 5.32 Å². The lowest BCUT2D eigenvalue weighted by atomic mass is 9.85. The van der Waals surface area contributed by atoms with Crippen LogP contribution in [0.5, 0.6) is 0 Å². The Morgan fingerprint density at radius 2 is 2.12 bits per heavy atom. The molecule has 2 rings (SSSR count). The highest BCUT2D eigenvalue weighted by Crippen LogP contribution is 2.32. The molecule has 0 aromatic carbocycles. The average Bonchev–Trinajstić information content (AvgIpc) is 2.94. The molecular formula is C18H28F3N3O. The zero-order chi connectivity index (χ0) is 18.4. The topological polar surface area (TPSA) is 46.9 Å². The molecule has 0 radical (unpaired) electrons. The number of rotatable bonds is 9. The number of carbonyl (C=O) groups excluding carboxylic acids is 1. The van der Waals surface area contributed by atoms with Crippen molar-refractivity contribution >= 4 is 5.91 Å². The Hall–Kier alpha value is -1.53. The van der Waals surface area contributed by atoms with Gasteiger partial charge in [-0.15, -0.1) is 0 Å². The van der Waals surface area contributed by atoms with Crippen LogP contribution < -0.4 is 5.32 Å². The van der Waals surface area contributed by atoms with Crippen molar-refractivity contribution in [1.29, 1.82) is 0 Å². The van der Waals surface area contributed by atoms with E-state index < -0.39 is 12.1 Å². The van der Waals surface area contributed by atoms with E-state index >= 15 is 0 Å². The van der Waals surface area contributed by atoms with Crippen LogP contribution >= 0.6 is 0 Å². The van der Waals surface area contributed by atoms with Crippen LogP contribution in [0.25, 0.3) is 0 Å². The van der Waals surface area contributed by atoms with Crippen molar-refractivity contribution in [3.63, 3.8) is 0 Å². The Kier molecular flexibility index (Phi) is 6.90. The van der Waals surface area contributed by atoms with Crippen LogP contribution in [0.1, 0.15) is 69.3 Å². The van der Waals surface area contributed by atoms with Gasteiger partial charge in [0.25, 0.3) is 5.91 Å². The molecule has 142 valence electrons. The number of hydrogen-bond acceptors (Lipinski definition) is 2. The van der Waals surface area contributed by atoms with Crippen LogP contribution in [-0.2, 0) is 6.54 Å². The molecule has 0 saturated heterocycles. The Bertz CT molecular complexity index is 552. The van der Waals surface area contributed by atoms with Crippen LogP contribution in [0.3, 0.4) is 0 Å². The molecule has 0 aliphatic heterocycles. The highest BCUT2D eigenvalue weighted by molar-refractivity contribution is 5.92. The first kappa shape index (κ1) is 19.8. The molecule has 7 heteroatoms.